The van der Waals surface area contributed by atoms with Gasteiger partial charge in [-0.05, 0) is 0 Å². The second-order valence-electron chi connectivity index (χ2n) is 0. The molecule has 0 aliphatic heterocycles. The van der Waals surface area contributed by atoms with Crippen molar-refractivity contribution in [3.63, 3.8) is 0 Å². The molecule has 0 aromatic heterocycles. The van der Waals surface area contributed by atoms with Crippen LogP contribution in [-0.4, -0.2) is 0 Å². The van der Waals surface area contributed by atoms with Gasteiger partial charge in [0.1, 0.15) is 0 Å². The maximum Gasteiger partial charge on any atom is 0 e. The van der Waals surface area contributed by atoms with E-state index in [-0.39, 0.29) is 71.8 Å². The first-order valence-electron chi connectivity index (χ1n) is 0. The predicted octanol–water partition coefficient (Wildman–Crippen LogP) is -0.00980. The SMILES string of the molecule is [Au].[Au].[S-2].[S-2]. The molecule has 0 amide bonds. The van der Waals surface area contributed by atoms with Crippen molar-refractivity contribution in [3.05, 3.63) is 0 Å². The van der Waals surface area contributed by atoms with E-state index in [1.54, 1.807) is 0 Å². The molecule has 0 rings (SSSR count). The van der Waals surface area contributed by atoms with Gasteiger partial charge in [0, 0.05) is 44.8 Å². The van der Waals surface area contributed by atoms with Crippen LogP contribution < -0.4 is 0 Å². The first-order chi connectivity index (χ1) is 0. The van der Waals surface area contributed by atoms with E-state index in [4.69, 9.17) is 0 Å². The van der Waals surface area contributed by atoms with Gasteiger partial charge in [-0.25, -0.2) is 0 Å². The summed E-state index contributed by atoms with van der Waals surface area (Å²) in [6.45, 7) is 0. The summed E-state index contributed by atoms with van der Waals surface area (Å²) in [5.41, 5.74) is 0. The number of hydrogen-bond acceptors (Lipinski definition) is 0. The van der Waals surface area contributed by atoms with Gasteiger partial charge in [-0.15, -0.1) is 0 Å². The van der Waals surface area contributed by atoms with Crippen molar-refractivity contribution < 1.29 is 44.8 Å². The van der Waals surface area contributed by atoms with Crippen LogP contribution in [0.2, 0.25) is 0 Å². The van der Waals surface area contributed by atoms with Crippen LogP contribution in [0.3, 0.4) is 0 Å². The molecular formula is Au2S2-4. The van der Waals surface area contributed by atoms with Gasteiger partial charge in [0.15, 0.2) is 0 Å². The van der Waals surface area contributed by atoms with E-state index in [0.29, 0.717) is 0 Å². The summed E-state index contributed by atoms with van der Waals surface area (Å²) < 4.78 is 0. The van der Waals surface area contributed by atoms with Crippen LogP contribution in [0, 0.1) is 0 Å². The van der Waals surface area contributed by atoms with E-state index in [1.165, 1.54) is 0 Å². The fourth-order valence-corrected chi connectivity index (χ4v) is 0. The summed E-state index contributed by atoms with van der Waals surface area (Å²) in [5.74, 6) is 0. The van der Waals surface area contributed by atoms with Gasteiger partial charge in [-0.1, -0.05) is 0 Å². The van der Waals surface area contributed by atoms with Gasteiger partial charge in [-0.2, -0.15) is 0 Å². The standard InChI is InChI=1S/2Au.2S/q;;2*-2. The monoisotopic (exact) mass is 458 g/mol. The second kappa shape index (κ2) is 19.0. The van der Waals surface area contributed by atoms with Crippen molar-refractivity contribution in [2.75, 3.05) is 0 Å². The van der Waals surface area contributed by atoms with Crippen LogP contribution in [0.5, 0.6) is 0 Å². The third-order valence-corrected chi connectivity index (χ3v) is 0. The molecule has 4 heavy (non-hydrogen) atoms. The number of hydrogen-bond donors (Lipinski definition) is 0. The number of rotatable bonds is 0. The van der Waals surface area contributed by atoms with Crippen LogP contribution in [0.1, 0.15) is 0 Å². The fraction of sp³-hybridized carbons (Fsp3) is 0. The van der Waals surface area contributed by atoms with E-state index in [2.05, 4.69) is 0 Å². The Balaban J connectivity index is 0. The Morgan fingerprint density at radius 1 is 0.500 bits per heavy atom. The molecule has 38 valence electrons. The minimum Gasteiger partial charge on any atom is -2.00 e. The molecule has 0 fully saturated rings. The van der Waals surface area contributed by atoms with Crippen molar-refractivity contribution in [2.45, 2.75) is 0 Å². The van der Waals surface area contributed by atoms with Crippen molar-refractivity contribution >= 4 is 27.0 Å². The maximum absolute atomic E-state index is 0. The van der Waals surface area contributed by atoms with Crippen LogP contribution in [0.25, 0.3) is 0 Å². The third kappa shape index (κ3) is 8.89. The predicted molar refractivity (Wildman–Crippen MR) is 14.7 cm³/mol. The van der Waals surface area contributed by atoms with Crippen LogP contribution in [-0.2, 0) is 71.8 Å². The van der Waals surface area contributed by atoms with E-state index >= 15 is 0 Å². The van der Waals surface area contributed by atoms with Crippen LogP contribution in [0.15, 0.2) is 0 Å². The summed E-state index contributed by atoms with van der Waals surface area (Å²) in [5, 5.41) is 0. The zero-order valence-corrected chi connectivity index (χ0v) is 7.39. The zero-order valence-electron chi connectivity index (χ0n) is 1.42. The molecule has 0 aromatic rings. The summed E-state index contributed by atoms with van der Waals surface area (Å²) in [7, 11) is 0. The maximum atomic E-state index is 0. The first-order valence-corrected chi connectivity index (χ1v) is 0. The molecule has 0 aliphatic rings. The molecule has 0 aromatic carbocycles. The molecule has 4 heteroatoms. The Morgan fingerprint density at radius 3 is 0.500 bits per heavy atom. The molecule has 0 heterocycles. The Hall–Kier alpha value is 2.18. The molecular weight excluding hydrogens is 458 g/mol. The van der Waals surface area contributed by atoms with Gasteiger partial charge < -0.3 is 27.0 Å². The minimum atomic E-state index is 0. The molecule has 0 N–H and O–H groups in total. The van der Waals surface area contributed by atoms with E-state index in [9.17, 15) is 0 Å². The molecule has 0 spiro atoms. The Bertz CT molecular complexity index is 4.00. The quantitative estimate of drug-likeness (QED) is 0.449. The minimum absolute atomic E-state index is 0. The summed E-state index contributed by atoms with van der Waals surface area (Å²) >= 11 is 0. The molecule has 0 aliphatic carbocycles. The Kier molecular flexibility index (Phi) is 166. The fourth-order valence-electron chi connectivity index (χ4n) is 0. The van der Waals surface area contributed by atoms with Gasteiger partial charge in [0.25, 0.3) is 0 Å². The van der Waals surface area contributed by atoms with Gasteiger partial charge >= 0.3 is 0 Å². The van der Waals surface area contributed by atoms with E-state index in [1.807, 2.05) is 0 Å². The van der Waals surface area contributed by atoms with E-state index < -0.39 is 0 Å². The third-order valence-electron chi connectivity index (χ3n) is 0. The van der Waals surface area contributed by atoms with Crippen molar-refractivity contribution in [2.24, 2.45) is 0 Å². The van der Waals surface area contributed by atoms with Gasteiger partial charge in [0.2, 0.25) is 0 Å². The molecule has 2 radical (unpaired) electrons. The van der Waals surface area contributed by atoms with Crippen molar-refractivity contribution in [3.8, 4) is 0 Å². The van der Waals surface area contributed by atoms with Crippen molar-refractivity contribution in [1.82, 2.24) is 0 Å². The molecule has 0 saturated carbocycles. The Morgan fingerprint density at radius 2 is 0.500 bits per heavy atom. The molecule has 0 bridgehead atoms. The van der Waals surface area contributed by atoms with Crippen LogP contribution >= 0.6 is 0 Å². The smallest absolute Gasteiger partial charge is 0 e. The largest absolute Gasteiger partial charge is 2.00 e. The summed E-state index contributed by atoms with van der Waals surface area (Å²) in [6.07, 6.45) is 0. The van der Waals surface area contributed by atoms with E-state index in [0.717, 1.165) is 0 Å². The van der Waals surface area contributed by atoms with Crippen molar-refractivity contribution in [1.29, 1.82) is 0 Å². The summed E-state index contributed by atoms with van der Waals surface area (Å²) in [6, 6.07) is 0. The van der Waals surface area contributed by atoms with Gasteiger partial charge in [-0.3, -0.25) is 0 Å². The Labute approximate surface area is 71.0 Å². The molecule has 0 nitrogen and oxygen atoms in total. The molecule has 0 saturated heterocycles. The van der Waals surface area contributed by atoms with Crippen LogP contribution in [0.4, 0.5) is 0 Å². The normalized spacial score (nSPS) is 0. The van der Waals surface area contributed by atoms with Gasteiger partial charge in [0.05, 0.1) is 0 Å². The first kappa shape index (κ1) is 34.9. The molecule has 0 unspecified atom stereocenters. The topological polar surface area (TPSA) is 0 Å². The average Bonchev–Trinajstić information content (AvgIpc) is 0. The summed E-state index contributed by atoms with van der Waals surface area (Å²) in [4.78, 5) is 0. The second-order valence-corrected chi connectivity index (χ2v) is 0. The zero-order chi connectivity index (χ0) is 0. The molecule has 0 atom stereocenters. The average molecular weight is 458 g/mol.